The molecule has 0 aliphatic rings. The van der Waals surface area contributed by atoms with Crippen molar-refractivity contribution >= 4 is 21.6 Å². The van der Waals surface area contributed by atoms with Gasteiger partial charge in [0.15, 0.2) is 0 Å². The van der Waals surface area contributed by atoms with Gasteiger partial charge in [-0.1, -0.05) is 6.92 Å². The van der Waals surface area contributed by atoms with Gasteiger partial charge in [-0.15, -0.1) is 0 Å². The lowest BCUT2D eigenvalue weighted by Crippen LogP contribution is -2.20. The SMILES string of the molecule is CC(CCS(=O)(=O)O)Cn1ncc(N)c1N(C)C. The van der Waals surface area contributed by atoms with E-state index < -0.39 is 10.1 Å². The van der Waals surface area contributed by atoms with E-state index in [1.54, 1.807) is 10.9 Å². The van der Waals surface area contributed by atoms with Crippen LogP contribution in [0.25, 0.3) is 0 Å². The van der Waals surface area contributed by atoms with Crippen LogP contribution in [-0.4, -0.2) is 42.6 Å². The van der Waals surface area contributed by atoms with E-state index in [1.165, 1.54) is 0 Å². The zero-order valence-electron chi connectivity index (χ0n) is 10.9. The van der Waals surface area contributed by atoms with Crippen LogP contribution in [0.15, 0.2) is 6.20 Å². The van der Waals surface area contributed by atoms with Crippen molar-refractivity contribution in [2.45, 2.75) is 19.9 Å². The van der Waals surface area contributed by atoms with Crippen LogP contribution in [0.4, 0.5) is 11.5 Å². The molecule has 0 amide bonds. The van der Waals surface area contributed by atoms with Crippen molar-refractivity contribution in [2.24, 2.45) is 5.92 Å². The fourth-order valence-electron chi connectivity index (χ4n) is 1.75. The number of rotatable bonds is 6. The molecule has 0 aromatic carbocycles. The molecule has 3 N–H and O–H groups in total. The number of hydrogen-bond donors (Lipinski definition) is 2. The van der Waals surface area contributed by atoms with Crippen molar-refractivity contribution in [1.29, 1.82) is 0 Å². The summed E-state index contributed by atoms with van der Waals surface area (Å²) in [6.07, 6.45) is 1.95. The van der Waals surface area contributed by atoms with E-state index >= 15 is 0 Å². The van der Waals surface area contributed by atoms with Crippen molar-refractivity contribution in [3.8, 4) is 0 Å². The highest BCUT2D eigenvalue weighted by Gasteiger charge is 2.14. The van der Waals surface area contributed by atoms with E-state index in [4.69, 9.17) is 10.3 Å². The highest BCUT2D eigenvalue weighted by Crippen LogP contribution is 2.22. The van der Waals surface area contributed by atoms with Crippen LogP contribution in [0.5, 0.6) is 0 Å². The first-order valence-electron chi connectivity index (χ1n) is 5.64. The molecule has 0 fully saturated rings. The van der Waals surface area contributed by atoms with Gasteiger partial charge in [-0.05, 0) is 12.3 Å². The van der Waals surface area contributed by atoms with E-state index in [9.17, 15) is 8.42 Å². The lowest BCUT2D eigenvalue weighted by molar-refractivity contribution is 0.426. The van der Waals surface area contributed by atoms with Crippen molar-refractivity contribution in [1.82, 2.24) is 9.78 Å². The highest BCUT2D eigenvalue weighted by molar-refractivity contribution is 7.85. The Labute approximate surface area is 107 Å². The topological polar surface area (TPSA) is 101 Å². The van der Waals surface area contributed by atoms with E-state index in [-0.39, 0.29) is 11.7 Å². The van der Waals surface area contributed by atoms with E-state index in [1.807, 2.05) is 25.9 Å². The highest BCUT2D eigenvalue weighted by atomic mass is 32.2. The molecule has 18 heavy (non-hydrogen) atoms. The zero-order valence-corrected chi connectivity index (χ0v) is 11.7. The predicted molar refractivity (Wildman–Crippen MR) is 71.2 cm³/mol. The molecule has 0 saturated carbocycles. The van der Waals surface area contributed by atoms with Crippen molar-refractivity contribution in [3.63, 3.8) is 0 Å². The Hall–Kier alpha value is -1.28. The van der Waals surface area contributed by atoms with Gasteiger partial charge in [0.2, 0.25) is 0 Å². The molecule has 0 aliphatic heterocycles. The number of nitrogen functional groups attached to an aromatic ring is 1. The van der Waals surface area contributed by atoms with Crippen LogP contribution < -0.4 is 10.6 Å². The molecule has 7 nitrogen and oxygen atoms in total. The molecule has 0 radical (unpaired) electrons. The van der Waals surface area contributed by atoms with Gasteiger partial charge in [-0.3, -0.25) is 4.55 Å². The van der Waals surface area contributed by atoms with Gasteiger partial charge < -0.3 is 10.6 Å². The lowest BCUT2D eigenvalue weighted by Gasteiger charge is -2.18. The average molecular weight is 276 g/mol. The standard InChI is InChI=1S/C10H20N4O3S/c1-8(4-5-18(15,16)17)7-14-10(13(2)3)9(11)6-12-14/h6,8H,4-5,7,11H2,1-3H3,(H,15,16,17). The summed E-state index contributed by atoms with van der Waals surface area (Å²) in [5.41, 5.74) is 6.39. The summed E-state index contributed by atoms with van der Waals surface area (Å²) in [6.45, 7) is 2.46. The maximum atomic E-state index is 10.7. The fraction of sp³-hybridized carbons (Fsp3) is 0.700. The molecule has 1 aromatic heterocycles. The molecular formula is C10H20N4O3S. The molecule has 0 spiro atoms. The predicted octanol–water partition coefficient (Wildman–Crippen LogP) is 0.445. The summed E-state index contributed by atoms with van der Waals surface area (Å²) >= 11 is 0. The first-order chi connectivity index (χ1) is 8.20. The van der Waals surface area contributed by atoms with Gasteiger partial charge in [-0.25, -0.2) is 4.68 Å². The summed E-state index contributed by atoms with van der Waals surface area (Å²) < 4.78 is 31.8. The minimum Gasteiger partial charge on any atom is -0.394 e. The number of hydrogen-bond acceptors (Lipinski definition) is 5. The largest absolute Gasteiger partial charge is 0.394 e. The monoisotopic (exact) mass is 276 g/mol. The molecule has 0 bridgehead atoms. The summed E-state index contributed by atoms with van der Waals surface area (Å²) in [6, 6.07) is 0. The van der Waals surface area contributed by atoms with E-state index in [2.05, 4.69) is 5.10 Å². The van der Waals surface area contributed by atoms with Gasteiger partial charge in [0, 0.05) is 20.6 Å². The number of nitrogens with two attached hydrogens (primary N) is 1. The normalized spacial score (nSPS) is 13.6. The van der Waals surface area contributed by atoms with Gasteiger partial charge >= 0.3 is 0 Å². The third-order valence-electron chi connectivity index (χ3n) is 2.62. The van der Waals surface area contributed by atoms with Crippen LogP contribution in [0.3, 0.4) is 0 Å². The van der Waals surface area contributed by atoms with Gasteiger partial charge in [0.1, 0.15) is 5.82 Å². The van der Waals surface area contributed by atoms with Crippen molar-refractivity contribution in [2.75, 3.05) is 30.5 Å². The minimum atomic E-state index is -3.90. The van der Waals surface area contributed by atoms with Crippen LogP contribution in [0.2, 0.25) is 0 Å². The molecule has 1 heterocycles. The fourth-order valence-corrected chi connectivity index (χ4v) is 2.45. The summed E-state index contributed by atoms with van der Waals surface area (Å²) in [7, 11) is -0.162. The Balaban J connectivity index is 2.68. The zero-order chi connectivity index (χ0) is 13.9. The second-order valence-corrected chi connectivity index (χ2v) is 6.25. The number of aromatic nitrogens is 2. The molecule has 1 rings (SSSR count). The van der Waals surface area contributed by atoms with Crippen molar-refractivity contribution < 1.29 is 13.0 Å². The van der Waals surface area contributed by atoms with Crippen LogP contribution in [0, 0.1) is 5.92 Å². The summed E-state index contributed by atoms with van der Waals surface area (Å²) in [5, 5.41) is 4.16. The Bertz CT molecular complexity index is 495. The Morgan fingerprint density at radius 3 is 2.67 bits per heavy atom. The van der Waals surface area contributed by atoms with Crippen molar-refractivity contribution in [3.05, 3.63) is 6.20 Å². The minimum absolute atomic E-state index is 0.0740. The lowest BCUT2D eigenvalue weighted by atomic mass is 10.1. The van der Waals surface area contributed by atoms with Gasteiger partial charge in [0.25, 0.3) is 10.1 Å². The third-order valence-corrected chi connectivity index (χ3v) is 3.37. The van der Waals surface area contributed by atoms with E-state index in [0.717, 1.165) is 5.82 Å². The molecule has 0 aliphatic carbocycles. The first kappa shape index (κ1) is 14.8. The van der Waals surface area contributed by atoms with Crippen LogP contribution in [0.1, 0.15) is 13.3 Å². The second-order valence-electron chi connectivity index (χ2n) is 4.68. The van der Waals surface area contributed by atoms with Crippen LogP contribution in [-0.2, 0) is 16.7 Å². The quantitative estimate of drug-likeness (QED) is 0.731. The second kappa shape index (κ2) is 5.57. The molecule has 8 heteroatoms. The maximum Gasteiger partial charge on any atom is 0.264 e. The average Bonchev–Trinajstić information content (AvgIpc) is 2.55. The van der Waals surface area contributed by atoms with Crippen LogP contribution >= 0.6 is 0 Å². The smallest absolute Gasteiger partial charge is 0.264 e. The number of nitrogens with zero attached hydrogens (tertiary/aromatic N) is 3. The number of anilines is 2. The Morgan fingerprint density at radius 1 is 1.56 bits per heavy atom. The molecular weight excluding hydrogens is 256 g/mol. The Kier molecular flexibility index (Phi) is 4.58. The van der Waals surface area contributed by atoms with Gasteiger partial charge in [0.05, 0.1) is 17.6 Å². The molecule has 0 saturated heterocycles. The summed E-state index contributed by atoms with van der Waals surface area (Å²) in [5.74, 6) is 0.640. The third kappa shape index (κ3) is 4.19. The molecule has 1 atom stereocenters. The first-order valence-corrected chi connectivity index (χ1v) is 7.25. The maximum absolute atomic E-state index is 10.7. The molecule has 1 unspecified atom stereocenters. The van der Waals surface area contributed by atoms with Gasteiger partial charge in [-0.2, -0.15) is 13.5 Å². The van der Waals surface area contributed by atoms with E-state index in [0.29, 0.717) is 18.7 Å². The molecule has 1 aromatic rings. The summed E-state index contributed by atoms with van der Waals surface area (Å²) in [4.78, 5) is 1.86. The molecule has 104 valence electrons. The Morgan fingerprint density at radius 2 is 2.17 bits per heavy atom.